The summed E-state index contributed by atoms with van der Waals surface area (Å²) in [6.07, 6.45) is 1.96. The average molecular weight is 505 g/mol. The summed E-state index contributed by atoms with van der Waals surface area (Å²) in [4.78, 5) is 12.5. The molecule has 0 spiro atoms. The summed E-state index contributed by atoms with van der Waals surface area (Å²) >= 11 is 5.68. The van der Waals surface area contributed by atoms with E-state index in [1.165, 1.54) is 19.2 Å². The van der Waals surface area contributed by atoms with Gasteiger partial charge in [0, 0.05) is 14.1 Å². The molecule has 1 aliphatic rings. The Morgan fingerprint density at radius 1 is 1.33 bits per heavy atom. The van der Waals surface area contributed by atoms with Gasteiger partial charge in [0.15, 0.2) is 11.6 Å². The first-order valence-corrected chi connectivity index (χ1v) is 9.26. The topological polar surface area (TPSA) is 50.4 Å². The van der Waals surface area contributed by atoms with E-state index in [1.807, 2.05) is 18.2 Å². The highest BCUT2D eigenvalue weighted by Crippen LogP contribution is 2.37. The lowest BCUT2D eigenvalue weighted by Crippen LogP contribution is -2.26. The van der Waals surface area contributed by atoms with E-state index < -0.39 is 5.82 Å². The lowest BCUT2D eigenvalue weighted by molar-refractivity contribution is 0.0951. The Balaban J connectivity index is 2.02. The number of ether oxygens (including phenoxy) is 1. The molecule has 1 fully saturated rings. The lowest BCUT2D eigenvalue weighted by atomic mass is 10.1. The second kappa shape index (κ2) is 7.26. The SMILES string of the molecule is COc1c(F)ccc(C(=O)NC2CC2)c1Nc1ccc(I)cc1Br. The van der Waals surface area contributed by atoms with Gasteiger partial charge >= 0.3 is 0 Å². The first kappa shape index (κ1) is 17.5. The number of benzene rings is 2. The van der Waals surface area contributed by atoms with Crippen molar-refractivity contribution in [2.24, 2.45) is 0 Å². The van der Waals surface area contributed by atoms with Crippen LogP contribution in [0.1, 0.15) is 23.2 Å². The number of methoxy groups -OCH3 is 1. The average Bonchev–Trinajstić information content (AvgIpc) is 3.34. The van der Waals surface area contributed by atoms with Crippen molar-refractivity contribution < 1.29 is 13.9 Å². The number of nitrogens with one attached hydrogen (secondary N) is 2. The molecule has 0 aliphatic heterocycles. The second-order valence-corrected chi connectivity index (χ2v) is 7.60. The van der Waals surface area contributed by atoms with Gasteiger partial charge in [-0.3, -0.25) is 4.79 Å². The molecule has 2 aromatic carbocycles. The molecule has 2 N–H and O–H groups in total. The molecule has 24 heavy (non-hydrogen) atoms. The van der Waals surface area contributed by atoms with Crippen molar-refractivity contribution in [3.63, 3.8) is 0 Å². The molecule has 0 radical (unpaired) electrons. The fourth-order valence-corrected chi connectivity index (χ4v) is 3.68. The van der Waals surface area contributed by atoms with E-state index >= 15 is 0 Å². The predicted molar refractivity (Wildman–Crippen MR) is 104 cm³/mol. The van der Waals surface area contributed by atoms with Crippen LogP contribution < -0.4 is 15.4 Å². The van der Waals surface area contributed by atoms with Gasteiger partial charge < -0.3 is 15.4 Å². The van der Waals surface area contributed by atoms with Gasteiger partial charge in [-0.05, 0) is 81.7 Å². The van der Waals surface area contributed by atoms with Gasteiger partial charge in [-0.15, -0.1) is 0 Å². The number of halogens is 3. The van der Waals surface area contributed by atoms with Crippen molar-refractivity contribution >= 4 is 55.8 Å². The standard InChI is InChI=1S/C17H15BrFIN2O2/c1-24-16-13(19)6-5-11(17(23)21-10-3-4-10)15(16)22-14-7-2-9(20)8-12(14)18/h2,5-8,10,22H,3-4H2,1H3,(H,21,23). The van der Waals surface area contributed by atoms with E-state index in [2.05, 4.69) is 49.2 Å². The normalized spacial score (nSPS) is 13.5. The van der Waals surface area contributed by atoms with Crippen molar-refractivity contribution in [2.75, 3.05) is 12.4 Å². The highest BCUT2D eigenvalue weighted by atomic mass is 127. The smallest absolute Gasteiger partial charge is 0.253 e. The van der Waals surface area contributed by atoms with Gasteiger partial charge in [-0.1, -0.05) is 0 Å². The minimum atomic E-state index is -0.524. The van der Waals surface area contributed by atoms with Gasteiger partial charge in [0.1, 0.15) is 0 Å². The minimum Gasteiger partial charge on any atom is -0.492 e. The number of rotatable bonds is 5. The highest BCUT2D eigenvalue weighted by Gasteiger charge is 2.27. The van der Waals surface area contributed by atoms with Crippen LogP contribution in [0.25, 0.3) is 0 Å². The van der Waals surface area contributed by atoms with Crippen LogP contribution in [-0.4, -0.2) is 19.1 Å². The molecule has 1 saturated carbocycles. The Morgan fingerprint density at radius 3 is 2.71 bits per heavy atom. The molecule has 0 unspecified atom stereocenters. The Morgan fingerprint density at radius 2 is 2.08 bits per heavy atom. The molecule has 3 rings (SSSR count). The van der Waals surface area contributed by atoms with Gasteiger partial charge in [0.25, 0.3) is 5.91 Å². The summed E-state index contributed by atoms with van der Waals surface area (Å²) < 4.78 is 21.2. The van der Waals surface area contributed by atoms with Gasteiger partial charge in [0.05, 0.1) is 24.0 Å². The van der Waals surface area contributed by atoms with Crippen LogP contribution >= 0.6 is 38.5 Å². The second-order valence-electron chi connectivity index (χ2n) is 5.50. The van der Waals surface area contributed by atoms with Crippen LogP contribution in [0.4, 0.5) is 15.8 Å². The Hall–Kier alpha value is -1.35. The van der Waals surface area contributed by atoms with E-state index in [-0.39, 0.29) is 17.7 Å². The van der Waals surface area contributed by atoms with Crippen molar-refractivity contribution in [3.05, 3.63) is 49.8 Å². The molecule has 1 amide bonds. The van der Waals surface area contributed by atoms with Gasteiger partial charge in [0.2, 0.25) is 0 Å². The zero-order chi connectivity index (χ0) is 17.3. The Kier molecular flexibility index (Phi) is 5.29. The molecule has 1 aliphatic carbocycles. The number of hydrogen-bond donors (Lipinski definition) is 2. The summed E-state index contributed by atoms with van der Waals surface area (Å²) in [6, 6.07) is 8.64. The number of carbonyl (C=O) groups excluding carboxylic acids is 1. The van der Waals surface area contributed by atoms with E-state index in [0.29, 0.717) is 11.3 Å². The van der Waals surface area contributed by atoms with Gasteiger partial charge in [-0.2, -0.15) is 0 Å². The maximum Gasteiger partial charge on any atom is 0.253 e. The maximum atomic E-state index is 14.1. The van der Waals surface area contributed by atoms with Crippen molar-refractivity contribution in [2.45, 2.75) is 18.9 Å². The predicted octanol–water partition coefficient (Wildman–Crippen LogP) is 4.84. The molecular formula is C17H15BrFIN2O2. The largest absolute Gasteiger partial charge is 0.492 e. The number of amides is 1. The number of carbonyl (C=O) groups is 1. The number of hydrogen-bond acceptors (Lipinski definition) is 3. The Labute approximate surface area is 161 Å². The molecule has 0 bridgehead atoms. The molecule has 126 valence electrons. The number of anilines is 2. The third-order valence-corrected chi connectivity index (χ3v) is 4.99. The highest BCUT2D eigenvalue weighted by molar-refractivity contribution is 14.1. The van der Waals surface area contributed by atoms with Crippen LogP contribution in [0, 0.1) is 9.39 Å². The molecule has 0 heterocycles. The van der Waals surface area contributed by atoms with Crippen LogP contribution in [0.3, 0.4) is 0 Å². The molecule has 7 heteroatoms. The van der Waals surface area contributed by atoms with Gasteiger partial charge in [-0.25, -0.2) is 4.39 Å². The fraction of sp³-hybridized carbons (Fsp3) is 0.235. The molecule has 0 saturated heterocycles. The summed E-state index contributed by atoms with van der Waals surface area (Å²) in [5.41, 5.74) is 1.39. The minimum absolute atomic E-state index is 0.0175. The van der Waals surface area contributed by atoms with Crippen molar-refractivity contribution in [1.29, 1.82) is 0 Å². The summed E-state index contributed by atoms with van der Waals surface area (Å²) in [5, 5.41) is 6.05. The van der Waals surface area contributed by atoms with Crippen molar-refractivity contribution in [3.8, 4) is 5.75 Å². The summed E-state index contributed by atoms with van der Waals surface area (Å²) in [6.45, 7) is 0. The first-order valence-electron chi connectivity index (χ1n) is 7.39. The van der Waals surface area contributed by atoms with E-state index in [9.17, 15) is 9.18 Å². The van der Waals surface area contributed by atoms with Crippen LogP contribution in [0.2, 0.25) is 0 Å². The van der Waals surface area contributed by atoms with Crippen LogP contribution in [-0.2, 0) is 0 Å². The van der Waals surface area contributed by atoms with Crippen molar-refractivity contribution in [1.82, 2.24) is 5.32 Å². The fourth-order valence-electron chi connectivity index (χ4n) is 2.29. The maximum absolute atomic E-state index is 14.1. The molecule has 0 aromatic heterocycles. The quantitative estimate of drug-likeness (QED) is 0.573. The first-order chi connectivity index (χ1) is 11.5. The Bertz CT molecular complexity index is 796. The van der Waals surface area contributed by atoms with Crippen LogP contribution in [0.15, 0.2) is 34.8 Å². The third-order valence-electron chi connectivity index (χ3n) is 3.66. The lowest BCUT2D eigenvalue weighted by Gasteiger charge is -2.17. The van der Waals surface area contributed by atoms with E-state index in [4.69, 9.17) is 4.74 Å². The van der Waals surface area contributed by atoms with E-state index in [1.54, 1.807) is 0 Å². The molecule has 2 aromatic rings. The molecule has 0 atom stereocenters. The summed E-state index contributed by atoms with van der Waals surface area (Å²) in [7, 11) is 1.38. The monoisotopic (exact) mass is 504 g/mol. The van der Waals surface area contributed by atoms with E-state index in [0.717, 1.165) is 26.6 Å². The summed E-state index contributed by atoms with van der Waals surface area (Å²) in [5.74, 6) is -0.742. The molecule has 4 nitrogen and oxygen atoms in total. The molecular weight excluding hydrogens is 490 g/mol. The zero-order valence-electron chi connectivity index (χ0n) is 12.8. The van der Waals surface area contributed by atoms with Crippen LogP contribution in [0.5, 0.6) is 5.75 Å². The zero-order valence-corrected chi connectivity index (χ0v) is 16.6. The third kappa shape index (κ3) is 3.83.